The summed E-state index contributed by atoms with van der Waals surface area (Å²) >= 11 is 6.07. The Morgan fingerprint density at radius 3 is 2.40 bits per heavy atom. The van der Waals surface area contributed by atoms with Gasteiger partial charge in [-0.2, -0.15) is 8.78 Å². The number of hydrogen-bond donors (Lipinski definition) is 0. The maximum atomic E-state index is 12.5. The van der Waals surface area contributed by atoms with E-state index in [1.54, 1.807) is 6.92 Å². The molecule has 0 spiro atoms. The van der Waals surface area contributed by atoms with E-state index in [2.05, 4.69) is 4.74 Å². The summed E-state index contributed by atoms with van der Waals surface area (Å²) in [6, 6.07) is 4.93. The van der Waals surface area contributed by atoms with Crippen molar-refractivity contribution in [1.29, 1.82) is 0 Å². The van der Waals surface area contributed by atoms with Gasteiger partial charge in [0.25, 0.3) is 0 Å². The Bertz CT molecular complexity index is 712. The van der Waals surface area contributed by atoms with Gasteiger partial charge in [0.2, 0.25) is 0 Å². The molecular weight excluding hydrogens is 358 g/mol. The molecule has 1 aliphatic rings. The average Bonchev–Trinajstić information content (AvgIpc) is 2.54. The first-order valence-electron chi connectivity index (χ1n) is 7.51. The van der Waals surface area contributed by atoms with E-state index in [1.165, 1.54) is 24.3 Å². The van der Waals surface area contributed by atoms with Crippen LogP contribution in [0.3, 0.4) is 0 Å². The van der Waals surface area contributed by atoms with Crippen LogP contribution in [0.1, 0.15) is 30.1 Å². The lowest BCUT2D eigenvalue weighted by Crippen LogP contribution is -2.28. The van der Waals surface area contributed by atoms with Crippen molar-refractivity contribution in [3.8, 4) is 5.75 Å². The zero-order chi connectivity index (χ0) is 18.6. The fraction of sp³-hybridized carbons (Fsp3) is 0.353. The maximum absolute atomic E-state index is 12.5. The molecular formula is C17H15ClF2O5. The number of Topliss-reactive ketones (excluding diaryl/α,β-unsaturated/α-hetero) is 2. The normalized spacial score (nSPS) is 17.6. The third-order valence-corrected chi connectivity index (χ3v) is 3.94. The van der Waals surface area contributed by atoms with Crippen LogP contribution in [0.4, 0.5) is 8.78 Å². The molecule has 1 atom stereocenters. The van der Waals surface area contributed by atoms with Gasteiger partial charge in [0.15, 0.2) is 11.6 Å². The third kappa shape index (κ3) is 4.63. The van der Waals surface area contributed by atoms with Crippen molar-refractivity contribution in [2.45, 2.75) is 26.4 Å². The minimum Gasteiger partial charge on any atom is -0.466 e. The summed E-state index contributed by atoms with van der Waals surface area (Å²) in [5, 5.41) is -0.00721. The Kier molecular flexibility index (Phi) is 6.25. The smallest absolute Gasteiger partial charge is 0.387 e. The molecule has 1 aliphatic carbocycles. The van der Waals surface area contributed by atoms with Crippen molar-refractivity contribution in [2.75, 3.05) is 6.61 Å². The Morgan fingerprint density at radius 2 is 1.88 bits per heavy atom. The van der Waals surface area contributed by atoms with Crippen molar-refractivity contribution in [3.63, 3.8) is 0 Å². The van der Waals surface area contributed by atoms with Crippen LogP contribution in [0, 0.1) is 5.92 Å². The molecule has 1 unspecified atom stereocenters. The molecule has 0 amide bonds. The number of esters is 1. The summed E-state index contributed by atoms with van der Waals surface area (Å²) in [6.45, 7) is -1.14. The topological polar surface area (TPSA) is 69.7 Å². The highest BCUT2D eigenvalue weighted by molar-refractivity contribution is 6.39. The zero-order valence-electron chi connectivity index (χ0n) is 13.3. The Labute approximate surface area is 147 Å². The molecule has 0 aromatic heterocycles. The van der Waals surface area contributed by atoms with Crippen molar-refractivity contribution >= 4 is 29.1 Å². The van der Waals surface area contributed by atoms with E-state index < -0.39 is 30.1 Å². The van der Waals surface area contributed by atoms with Crippen molar-refractivity contribution in [1.82, 2.24) is 0 Å². The van der Waals surface area contributed by atoms with Crippen LogP contribution in [-0.2, 0) is 14.3 Å². The molecule has 5 nitrogen and oxygen atoms in total. The minimum atomic E-state index is -2.97. The molecule has 0 N–H and O–H groups in total. The first-order chi connectivity index (χ1) is 11.8. The first kappa shape index (κ1) is 19.1. The van der Waals surface area contributed by atoms with Crippen LogP contribution in [0.5, 0.6) is 5.75 Å². The number of carbonyl (C=O) groups excluding carboxylic acids is 3. The van der Waals surface area contributed by atoms with E-state index >= 15 is 0 Å². The van der Waals surface area contributed by atoms with Crippen molar-refractivity contribution in [3.05, 3.63) is 40.4 Å². The summed E-state index contributed by atoms with van der Waals surface area (Å²) in [5.74, 6) is -2.52. The summed E-state index contributed by atoms with van der Waals surface area (Å²) < 4.78 is 33.3. The molecule has 0 heterocycles. The highest BCUT2D eigenvalue weighted by Gasteiger charge is 2.35. The number of hydrogen-bond acceptors (Lipinski definition) is 5. The van der Waals surface area contributed by atoms with Gasteiger partial charge in [-0.05, 0) is 37.6 Å². The standard InChI is InChI=1S/C17H15ClF2O5/c1-2-24-16(23)10-7-12(18)14(13(21)8-10)15(22)9-3-5-11(6-4-9)25-17(19)20/h3-6,10,17H,2,7-8H2,1H3. The number of halogens is 3. The minimum absolute atomic E-state index is 0.00721. The molecule has 0 aliphatic heterocycles. The predicted octanol–water partition coefficient (Wildman–Crippen LogP) is 3.51. The summed E-state index contributed by atoms with van der Waals surface area (Å²) in [4.78, 5) is 36.5. The van der Waals surface area contributed by atoms with E-state index in [4.69, 9.17) is 16.3 Å². The lowest BCUT2D eigenvalue weighted by molar-refractivity contribution is -0.149. The molecule has 0 saturated heterocycles. The van der Waals surface area contributed by atoms with E-state index in [0.29, 0.717) is 0 Å². The lowest BCUT2D eigenvalue weighted by atomic mass is 9.85. The average molecular weight is 373 g/mol. The largest absolute Gasteiger partial charge is 0.466 e. The second-order valence-electron chi connectivity index (χ2n) is 5.29. The lowest BCUT2D eigenvalue weighted by Gasteiger charge is -2.21. The molecule has 0 saturated carbocycles. The Morgan fingerprint density at radius 1 is 1.24 bits per heavy atom. The number of ether oxygens (including phenoxy) is 2. The Hall–Kier alpha value is -2.28. The second-order valence-corrected chi connectivity index (χ2v) is 5.75. The number of ketones is 2. The van der Waals surface area contributed by atoms with E-state index in [1.807, 2.05) is 0 Å². The predicted molar refractivity (Wildman–Crippen MR) is 84.6 cm³/mol. The number of benzene rings is 1. The van der Waals surface area contributed by atoms with Crippen LogP contribution in [0.2, 0.25) is 0 Å². The third-order valence-electron chi connectivity index (χ3n) is 3.60. The molecule has 2 rings (SSSR count). The fourth-order valence-electron chi connectivity index (χ4n) is 2.48. The van der Waals surface area contributed by atoms with Gasteiger partial charge in [-0.15, -0.1) is 0 Å². The maximum Gasteiger partial charge on any atom is 0.387 e. The molecule has 8 heteroatoms. The van der Waals surface area contributed by atoms with E-state index in [-0.39, 0.29) is 41.4 Å². The molecule has 25 heavy (non-hydrogen) atoms. The van der Waals surface area contributed by atoms with Gasteiger partial charge in [-0.3, -0.25) is 14.4 Å². The highest BCUT2D eigenvalue weighted by Crippen LogP contribution is 2.32. The van der Waals surface area contributed by atoms with Gasteiger partial charge < -0.3 is 9.47 Å². The summed E-state index contributed by atoms with van der Waals surface area (Å²) in [7, 11) is 0. The van der Waals surface area contributed by atoms with Gasteiger partial charge in [0.05, 0.1) is 18.1 Å². The summed E-state index contributed by atoms with van der Waals surface area (Å²) in [6.07, 6.45) is -0.123. The molecule has 1 aromatic carbocycles. The molecule has 1 aromatic rings. The van der Waals surface area contributed by atoms with Gasteiger partial charge in [-0.25, -0.2) is 0 Å². The monoisotopic (exact) mass is 372 g/mol. The van der Waals surface area contributed by atoms with Crippen LogP contribution in [0.25, 0.3) is 0 Å². The number of allylic oxidation sites excluding steroid dienone is 2. The van der Waals surface area contributed by atoms with Crippen LogP contribution in [-0.4, -0.2) is 30.8 Å². The van der Waals surface area contributed by atoms with Crippen molar-refractivity contribution < 1.29 is 32.6 Å². The summed E-state index contributed by atoms with van der Waals surface area (Å²) in [5.41, 5.74) is -0.0811. The van der Waals surface area contributed by atoms with E-state index in [9.17, 15) is 23.2 Å². The number of carbonyl (C=O) groups is 3. The SMILES string of the molecule is CCOC(=O)C1CC(=O)C(C(=O)c2ccc(OC(F)F)cc2)=C(Cl)C1. The molecule has 0 radical (unpaired) electrons. The van der Waals surface area contributed by atoms with Crippen molar-refractivity contribution in [2.24, 2.45) is 5.92 Å². The zero-order valence-corrected chi connectivity index (χ0v) is 14.0. The van der Waals surface area contributed by atoms with E-state index in [0.717, 1.165) is 0 Å². The van der Waals surface area contributed by atoms with Crippen LogP contribution < -0.4 is 4.74 Å². The van der Waals surface area contributed by atoms with Gasteiger partial charge in [0, 0.05) is 17.0 Å². The molecule has 0 bridgehead atoms. The van der Waals surface area contributed by atoms with Gasteiger partial charge in [-0.1, -0.05) is 11.6 Å². The Balaban J connectivity index is 2.19. The highest BCUT2D eigenvalue weighted by atomic mass is 35.5. The quantitative estimate of drug-likeness (QED) is 0.434. The second kappa shape index (κ2) is 8.20. The molecule has 134 valence electrons. The number of alkyl halides is 2. The first-order valence-corrected chi connectivity index (χ1v) is 7.89. The molecule has 0 fully saturated rings. The number of rotatable bonds is 6. The fourth-order valence-corrected chi connectivity index (χ4v) is 2.85. The van der Waals surface area contributed by atoms with Crippen LogP contribution >= 0.6 is 11.6 Å². The van der Waals surface area contributed by atoms with Gasteiger partial charge >= 0.3 is 12.6 Å². The van der Waals surface area contributed by atoms with Gasteiger partial charge in [0.1, 0.15) is 5.75 Å². The van der Waals surface area contributed by atoms with Crippen LogP contribution in [0.15, 0.2) is 34.9 Å².